The van der Waals surface area contributed by atoms with Gasteiger partial charge in [-0.3, -0.25) is 9.79 Å². The minimum absolute atomic E-state index is 0. The standard InChI is InChI=1S/C24H33N5O2.HI/c1-4-8-23(30)27-20-10-7-9-19(17-20)18-26-24(25-2)29-15-13-28(14-16-29)21-11-5-6-12-22(21)31-3;/h5-7,9-12,17H,4,8,13-16,18H2,1-3H3,(H,25,26)(H,27,30);1H. The molecule has 0 atom stereocenters. The Kier molecular flexibility index (Phi) is 10.6. The Morgan fingerprint density at radius 1 is 1.09 bits per heavy atom. The number of piperazine rings is 1. The molecule has 1 fully saturated rings. The van der Waals surface area contributed by atoms with E-state index in [1.807, 2.05) is 50.4 Å². The van der Waals surface area contributed by atoms with Crippen LogP contribution in [0.25, 0.3) is 0 Å². The lowest BCUT2D eigenvalue weighted by atomic mass is 10.2. The third-order valence-corrected chi connectivity index (χ3v) is 5.36. The van der Waals surface area contributed by atoms with Gasteiger partial charge in [-0.05, 0) is 36.2 Å². The second kappa shape index (κ2) is 13.1. The molecule has 0 aliphatic carbocycles. The molecule has 1 amide bonds. The van der Waals surface area contributed by atoms with E-state index in [9.17, 15) is 4.79 Å². The Balaban J connectivity index is 0.00000363. The molecule has 0 aromatic heterocycles. The number of amides is 1. The summed E-state index contributed by atoms with van der Waals surface area (Å²) in [6.07, 6.45) is 1.38. The summed E-state index contributed by atoms with van der Waals surface area (Å²) in [7, 11) is 3.53. The summed E-state index contributed by atoms with van der Waals surface area (Å²) < 4.78 is 5.51. The van der Waals surface area contributed by atoms with E-state index in [0.717, 1.165) is 61.2 Å². The molecule has 2 N–H and O–H groups in total. The van der Waals surface area contributed by atoms with Crippen LogP contribution < -0.4 is 20.3 Å². The first-order chi connectivity index (χ1) is 15.1. The van der Waals surface area contributed by atoms with Crippen molar-refractivity contribution in [3.8, 4) is 5.75 Å². The van der Waals surface area contributed by atoms with Crippen LogP contribution in [-0.4, -0.2) is 57.1 Å². The number of rotatable bonds is 7. The van der Waals surface area contributed by atoms with Crippen LogP contribution in [0.15, 0.2) is 53.5 Å². The molecule has 0 bridgehead atoms. The molecule has 8 heteroatoms. The van der Waals surface area contributed by atoms with Crippen LogP contribution in [0.4, 0.5) is 11.4 Å². The van der Waals surface area contributed by atoms with Gasteiger partial charge in [-0.1, -0.05) is 31.2 Å². The van der Waals surface area contributed by atoms with Crippen molar-refractivity contribution in [3.05, 3.63) is 54.1 Å². The molecule has 2 aromatic rings. The number of guanidine groups is 1. The number of para-hydroxylation sites is 2. The van der Waals surface area contributed by atoms with E-state index in [4.69, 9.17) is 4.74 Å². The molecular formula is C24H34IN5O2. The predicted octanol–water partition coefficient (Wildman–Crippen LogP) is 3.95. The van der Waals surface area contributed by atoms with Gasteiger partial charge in [0.2, 0.25) is 5.91 Å². The summed E-state index contributed by atoms with van der Waals surface area (Å²) >= 11 is 0. The minimum Gasteiger partial charge on any atom is -0.495 e. The molecule has 0 unspecified atom stereocenters. The third kappa shape index (κ3) is 7.01. The fraction of sp³-hybridized carbons (Fsp3) is 0.417. The number of nitrogens with one attached hydrogen (secondary N) is 2. The molecule has 7 nitrogen and oxygen atoms in total. The van der Waals surface area contributed by atoms with E-state index in [2.05, 4.69) is 37.6 Å². The highest BCUT2D eigenvalue weighted by atomic mass is 127. The number of ether oxygens (including phenoxy) is 1. The second-order valence-electron chi connectivity index (χ2n) is 7.55. The Morgan fingerprint density at radius 2 is 1.84 bits per heavy atom. The Labute approximate surface area is 208 Å². The number of carbonyl (C=O) groups excluding carboxylic acids is 1. The van der Waals surface area contributed by atoms with E-state index >= 15 is 0 Å². The number of carbonyl (C=O) groups is 1. The van der Waals surface area contributed by atoms with Gasteiger partial charge in [0, 0.05) is 51.9 Å². The van der Waals surface area contributed by atoms with Gasteiger partial charge in [0.1, 0.15) is 5.75 Å². The fourth-order valence-corrected chi connectivity index (χ4v) is 3.77. The van der Waals surface area contributed by atoms with Crippen molar-refractivity contribution in [2.24, 2.45) is 4.99 Å². The molecule has 0 spiro atoms. The van der Waals surface area contributed by atoms with Crippen molar-refractivity contribution in [2.75, 3.05) is 50.6 Å². The van der Waals surface area contributed by atoms with E-state index in [0.29, 0.717) is 13.0 Å². The van der Waals surface area contributed by atoms with E-state index in [1.165, 1.54) is 0 Å². The largest absolute Gasteiger partial charge is 0.495 e. The summed E-state index contributed by atoms with van der Waals surface area (Å²) in [5.41, 5.74) is 3.07. The highest BCUT2D eigenvalue weighted by Gasteiger charge is 2.21. The number of hydrogen-bond acceptors (Lipinski definition) is 4. The Bertz CT molecular complexity index is 897. The zero-order valence-corrected chi connectivity index (χ0v) is 21.5. The van der Waals surface area contributed by atoms with Gasteiger partial charge in [-0.25, -0.2) is 0 Å². The van der Waals surface area contributed by atoms with Crippen LogP contribution in [0.1, 0.15) is 25.3 Å². The van der Waals surface area contributed by atoms with Gasteiger partial charge >= 0.3 is 0 Å². The van der Waals surface area contributed by atoms with Crippen molar-refractivity contribution >= 4 is 47.2 Å². The Hall–Kier alpha value is -2.49. The lowest BCUT2D eigenvalue weighted by Crippen LogP contribution is -2.52. The average Bonchev–Trinajstić information content (AvgIpc) is 2.80. The number of methoxy groups -OCH3 is 1. The van der Waals surface area contributed by atoms with Crippen LogP contribution in [-0.2, 0) is 11.3 Å². The van der Waals surface area contributed by atoms with Gasteiger partial charge in [-0.2, -0.15) is 0 Å². The molecule has 1 saturated heterocycles. The molecule has 2 aromatic carbocycles. The summed E-state index contributed by atoms with van der Waals surface area (Å²) in [6.45, 7) is 6.22. The highest BCUT2D eigenvalue weighted by Crippen LogP contribution is 2.28. The van der Waals surface area contributed by atoms with Crippen molar-refractivity contribution in [2.45, 2.75) is 26.3 Å². The summed E-state index contributed by atoms with van der Waals surface area (Å²) in [4.78, 5) is 20.9. The topological polar surface area (TPSA) is 69.2 Å². The summed E-state index contributed by atoms with van der Waals surface area (Å²) in [5, 5.41) is 6.41. The number of anilines is 2. The molecule has 1 aliphatic rings. The van der Waals surface area contributed by atoms with Gasteiger partial charge in [0.15, 0.2) is 5.96 Å². The molecule has 3 rings (SSSR count). The molecule has 32 heavy (non-hydrogen) atoms. The monoisotopic (exact) mass is 551 g/mol. The number of benzene rings is 2. The van der Waals surface area contributed by atoms with Gasteiger partial charge in [-0.15, -0.1) is 24.0 Å². The molecular weight excluding hydrogens is 517 g/mol. The Morgan fingerprint density at radius 3 is 2.53 bits per heavy atom. The van der Waals surface area contributed by atoms with Gasteiger partial charge in [0.25, 0.3) is 0 Å². The van der Waals surface area contributed by atoms with Crippen LogP contribution in [0.5, 0.6) is 5.75 Å². The van der Waals surface area contributed by atoms with E-state index in [1.54, 1.807) is 7.11 Å². The smallest absolute Gasteiger partial charge is 0.224 e. The molecule has 0 saturated carbocycles. The first-order valence-corrected chi connectivity index (χ1v) is 10.9. The molecule has 0 radical (unpaired) electrons. The van der Waals surface area contributed by atoms with Gasteiger partial charge in [0.05, 0.1) is 12.8 Å². The first kappa shape index (κ1) is 25.8. The molecule has 1 aliphatic heterocycles. The van der Waals surface area contributed by atoms with Crippen LogP contribution in [0.3, 0.4) is 0 Å². The second-order valence-corrected chi connectivity index (χ2v) is 7.55. The fourth-order valence-electron chi connectivity index (χ4n) is 3.77. The highest BCUT2D eigenvalue weighted by molar-refractivity contribution is 14.0. The summed E-state index contributed by atoms with van der Waals surface area (Å²) in [6, 6.07) is 16.1. The van der Waals surface area contributed by atoms with E-state index < -0.39 is 0 Å². The predicted molar refractivity (Wildman–Crippen MR) is 142 cm³/mol. The maximum absolute atomic E-state index is 11.8. The van der Waals surface area contributed by atoms with Crippen LogP contribution in [0, 0.1) is 0 Å². The first-order valence-electron chi connectivity index (χ1n) is 10.9. The maximum Gasteiger partial charge on any atom is 0.224 e. The number of aliphatic imine (C=N–C) groups is 1. The minimum atomic E-state index is 0. The van der Waals surface area contributed by atoms with Crippen molar-refractivity contribution in [3.63, 3.8) is 0 Å². The molecule has 1 heterocycles. The van der Waals surface area contributed by atoms with Crippen molar-refractivity contribution in [1.82, 2.24) is 10.2 Å². The zero-order valence-electron chi connectivity index (χ0n) is 19.1. The quantitative estimate of drug-likeness (QED) is 0.310. The lowest BCUT2D eigenvalue weighted by Gasteiger charge is -2.38. The van der Waals surface area contributed by atoms with Crippen molar-refractivity contribution in [1.29, 1.82) is 0 Å². The van der Waals surface area contributed by atoms with E-state index in [-0.39, 0.29) is 29.9 Å². The third-order valence-electron chi connectivity index (χ3n) is 5.36. The lowest BCUT2D eigenvalue weighted by molar-refractivity contribution is -0.116. The number of halogens is 1. The molecule has 174 valence electrons. The van der Waals surface area contributed by atoms with Crippen LogP contribution in [0.2, 0.25) is 0 Å². The number of hydrogen-bond donors (Lipinski definition) is 2. The SMILES string of the molecule is CCCC(=O)Nc1cccc(CNC(=NC)N2CCN(c3ccccc3OC)CC2)c1.I. The zero-order chi connectivity index (χ0) is 22.1. The maximum atomic E-state index is 11.8. The summed E-state index contributed by atoms with van der Waals surface area (Å²) in [5.74, 6) is 1.85. The number of nitrogens with zero attached hydrogens (tertiary/aromatic N) is 3. The van der Waals surface area contributed by atoms with Gasteiger partial charge < -0.3 is 25.2 Å². The average molecular weight is 551 g/mol. The normalized spacial score (nSPS) is 13.9. The van der Waals surface area contributed by atoms with Crippen LogP contribution >= 0.6 is 24.0 Å². The van der Waals surface area contributed by atoms with Crippen molar-refractivity contribution < 1.29 is 9.53 Å².